The predicted octanol–water partition coefficient (Wildman–Crippen LogP) is 5.81. The van der Waals surface area contributed by atoms with Gasteiger partial charge >= 0.3 is 6.09 Å². The summed E-state index contributed by atoms with van der Waals surface area (Å²) >= 11 is 6.44. The van der Waals surface area contributed by atoms with Crippen molar-refractivity contribution < 1.29 is 27.6 Å². The monoisotopic (exact) mass is 690 g/mol. The SMILES string of the molecule is COc1cc(N2CCN(C)CC2)c([N+](=O)[O-])cc1Nc1ncc(Cl)c(Nc2cc(NC(=O)OC(C)(C)C)ccc2S(=O)(=O)C(C)C)n1. The highest BCUT2D eigenvalue weighted by atomic mass is 35.5. The lowest BCUT2D eigenvalue weighted by Crippen LogP contribution is -2.44. The number of nitrogens with zero attached hydrogens (tertiary/aromatic N) is 5. The van der Waals surface area contributed by atoms with E-state index < -0.39 is 31.7 Å². The minimum Gasteiger partial charge on any atom is -0.494 e. The van der Waals surface area contributed by atoms with Crippen molar-refractivity contribution in [1.29, 1.82) is 0 Å². The molecule has 15 nitrogen and oxygen atoms in total. The zero-order valence-electron chi connectivity index (χ0n) is 27.2. The molecule has 1 aromatic heterocycles. The number of sulfone groups is 1. The summed E-state index contributed by atoms with van der Waals surface area (Å²) in [5, 5.41) is 19.9. The standard InChI is InChI=1S/C30H39ClN8O7S/c1-18(2)47(43,44)26-9-8-19(33-29(40)46-30(3,4)5)14-22(26)34-27-20(31)17-32-28(36-27)35-21-15-24(39(41)42)23(16-25(21)45-7)38-12-10-37(6)11-13-38/h8-9,14-18H,10-13H2,1-7H3,(H,33,40)(H2,32,34,35,36). The number of anilines is 6. The van der Waals surface area contributed by atoms with Crippen LogP contribution in [-0.4, -0.2) is 85.5 Å². The number of amides is 1. The molecule has 17 heteroatoms. The Bertz CT molecular complexity index is 1760. The van der Waals surface area contributed by atoms with E-state index in [1.807, 2.05) is 11.9 Å². The molecular formula is C30H39ClN8O7S. The van der Waals surface area contributed by atoms with Crippen LogP contribution in [0, 0.1) is 10.1 Å². The molecule has 1 amide bonds. The maximum absolute atomic E-state index is 13.3. The van der Waals surface area contributed by atoms with Crippen LogP contribution in [0.5, 0.6) is 5.75 Å². The van der Waals surface area contributed by atoms with Gasteiger partial charge in [-0.05, 0) is 59.9 Å². The second kappa shape index (κ2) is 14.1. The highest BCUT2D eigenvalue weighted by Gasteiger charge is 2.27. The second-order valence-corrected chi connectivity index (χ2v) is 15.0. The summed E-state index contributed by atoms with van der Waals surface area (Å²) in [5.41, 5.74) is 0.135. The van der Waals surface area contributed by atoms with Gasteiger partial charge in [-0.3, -0.25) is 15.4 Å². The van der Waals surface area contributed by atoms with Crippen LogP contribution in [0.2, 0.25) is 5.02 Å². The van der Waals surface area contributed by atoms with Crippen LogP contribution < -0.4 is 25.6 Å². The fourth-order valence-electron chi connectivity index (χ4n) is 4.66. The molecular weight excluding hydrogens is 652 g/mol. The molecule has 0 unspecified atom stereocenters. The highest BCUT2D eigenvalue weighted by Crippen LogP contribution is 2.40. The Kier molecular flexibility index (Phi) is 10.7. The molecule has 1 aliphatic heterocycles. The quantitative estimate of drug-likeness (QED) is 0.171. The largest absolute Gasteiger partial charge is 0.494 e. The molecule has 0 atom stereocenters. The maximum atomic E-state index is 13.3. The Morgan fingerprint density at radius 1 is 1.09 bits per heavy atom. The van der Waals surface area contributed by atoms with E-state index in [1.165, 1.54) is 37.6 Å². The first-order valence-electron chi connectivity index (χ1n) is 14.7. The van der Waals surface area contributed by atoms with Crippen LogP contribution in [0.1, 0.15) is 34.6 Å². The molecule has 1 saturated heterocycles. The van der Waals surface area contributed by atoms with Gasteiger partial charge in [-0.15, -0.1) is 0 Å². The number of ether oxygens (including phenoxy) is 2. The van der Waals surface area contributed by atoms with E-state index in [0.29, 0.717) is 24.5 Å². The number of likely N-dealkylation sites (N-methyl/N-ethyl adjacent to an activating group) is 1. The summed E-state index contributed by atoms with van der Waals surface area (Å²) in [6.45, 7) is 11.0. The fraction of sp³-hybridized carbons (Fsp3) is 0.433. The van der Waals surface area contributed by atoms with E-state index in [4.69, 9.17) is 21.1 Å². The van der Waals surface area contributed by atoms with Gasteiger partial charge in [-0.1, -0.05) is 11.6 Å². The Hall–Kier alpha value is -4.41. The van der Waals surface area contributed by atoms with Gasteiger partial charge in [0, 0.05) is 44.0 Å². The molecule has 1 aliphatic rings. The van der Waals surface area contributed by atoms with E-state index in [0.717, 1.165) is 13.1 Å². The number of nitro groups is 1. The molecule has 2 aromatic carbocycles. The zero-order valence-corrected chi connectivity index (χ0v) is 28.8. The zero-order chi connectivity index (χ0) is 34.7. The molecule has 4 rings (SSSR count). The van der Waals surface area contributed by atoms with E-state index in [1.54, 1.807) is 40.7 Å². The van der Waals surface area contributed by atoms with Gasteiger partial charge in [0.2, 0.25) is 5.95 Å². The third-order valence-electron chi connectivity index (χ3n) is 7.13. The van der Waals surface area contributed by atoms with Crippen molar-refractivity contribution in [3.8, 4) is 5.75 Å². The molecule has 3 N–H and O–H groups in total. The summed E-state index contributed by atoms with van der Waals surface area (Å²) in [7, 11) is -0.362. The lowest BCUT2D eigenvalue weighted by Gasteiger charge is -2.34. The number of benzene rings is 2. The average molecular weight is 691 g/mol. The van der Waals surface area contributed by atoms with Crippen molar-refractivity contribution in [3.63, 3.8) is 0 Å². The van der Waals surface area contributed by atoms with Gasteiger partial charge < -0.3 is 29.9 Å². The molecule has 0 spiro atoms. The van der Waals surface area contributed by atoms with Gasteiger partial charge in [0.15, 0.2) is 15.7 Å². The first-order valence-corrected chi connectivity index (χ1v) is 16.7. The minimum atomic E-state index is -3.81. The molecule has 2 heterocycles. The van der Waals surface area contributed by atoms with E-state index in [2.05, 4.69) is 30.8 Å². The van der Waals surface area contributed by atoms with Gasteiger partial charge in [-0.25, -0.2) is 18.2 Å². The highest BCUT2D eigenvalue weighted by molar-refractivity contribution is 7.92. The van der Waals surface area contributed by atoms with Crippen molar-refractivity contribution in [1.82, 2.24) is 14.9 Å². The van der Waals surface area contributed by atoms with Gasteiger partial charge in [-0.2, -0.15) is 4.98 Å². The van der Waals surface area contributed by atoms with E-state index in [-0.39, 0.29) is 44.4 Å². The van der Waals surface area contributed by atoms with Crippen LogP contribution >= 0.6 is 11.6 Å². The van der Waals surface area contributed by atoms with Gasteiger partial charge in [0.1, 0.15) is 22.1 Å². The summed E-state index contributed by atoms with van der Waals surface area (Å²) in [4.78, 5) is 36.8. The first kappa shape index (κ1) is 35.4. The predicted molar refractivity (Wildman–Crippen MR) is 182 cm³/mol. The van der Waals surface area contributed by atoms with Gasteiger partial charge in [0.05, 0.1) is 39.8 Å². The molecule has 47 heavy (non-hydrogen) atoms. The van der Waals surface area contributed by atoms with Crippen LogP contribution in [0.15, 0.2) is 41.4 Å². The van der Waals surface area contributed by atoms with Crippen molar-refractivity contribution in [2.75, 3.05) is 61.2 Å². The van der Waals surface area contributed by atoms with E-state index >= 15 is 0 Å². The van der Waals surface area contributed by atoms with Crippen molar-refractivity contribution in [3.05, 3.63) is 51.7 Å². The number of rotatable bonds is 10. The number of nitrogens with one attached hydrogen (secondary N) is 3. The molecule has 3 aromatic rings. The number of piperazine rings is 1. The van der Waals surface area contributed by atoms with Crippen molar-refractivity contribution in [2.24, 2.45) is 0 Å². The van der Waals surface area contributed by atoms with Crippen LogP contribution in [0.4, 0.5) is 45.0 Å². The number of carbonyl (C=O) groups is 1. The summed E-state index contributed by atoms with van der Waals surface area (Å²) in [5.74, 6) is 0.346. The summed E-state index contributed by atoms with van der Waals surface area (Å²) in [6, 6.07) is 7.20. The topological polar surface area (TPSA) is 181 Å². The maximum Gasteiger partial charge on any atom is 0.412 e. The third-order valence-corrected chi connectivity index (χ3v) is 9.62. The molecule has 0 radical (unpaired) electrons. The molecule has 254 valence electrons. The Labute approximate surface area is 278 Å². The lowest BCUT2D eigenvalue weighted by molar-refractivity contribution is -0.384. The van der Waals surface area contributed by atoms with Crippen LogP contribution in [-0.2, 0) is 14.6 Å². The summed E-state index contributed by atoms with van der Waals surface area (Å²) < 4.78 is 37.4. The van der Waals surface area contributed by atoms with Crippen LogP contribution in [0.25, 0.3) is 0 Å². The minimum absolute atomic E-state index is 0.00635. The number of hydrogen-bond acceptors (Lipinski definition) is 13. The Morgan fingerprint density at radius 2 is 1.77 bits per heavy atom. The molecule has 0 aliphatic carbocycles. The number of hydrogen-bond donors (Lipinski definition) is 3. The number of methoxy groups -OCH3 is 1. The normalized spacial score (nSPS) is 14.1. The Morgan fingerprint density at radius 3 is 2.36 bits per heavy atom. The van der Waals surface area contributed by atoms with Crippen LogP contribution in [0.3, 0.4) is 0 Å². The molecule has 0 saturated carbocycles. The number of aromatic nitrogens is 2. The Balaban J connectivity index is 1.70. The molecule has 0 bridgehead atoms. The molecule has 1 fully saturated rings. The smallest absolute Gasteiger partial charge is 0.412 e. The summed E-state index contributed by atoms with van der Waals surface area (Å²) in [6.07, 6.45) is 0.564. The third kappa shape index (κ3) is 8.69. The fourth-order valence-corrected chi connectivity index (χ4v) is 5.98. The number of halogens is 1. The van der Waals surface area contributed by atoms with E-state index in [9.17, 15) is 23.3 Å². The number of carbonyl (C=O) groups excluding carboxylic acids is 1. The van der Waals surface area contributed by atoms with Gasteiger partial charge in [0.25, 0.3) is 5.69 Å². The van der Waals surface area contributed by atoms with Crippen molar-refractivity contribution >= 4 is 67.7 Å². The average Bonchev–Trinajstić information content (AvgIpc) is 2.98. The van der Waals surface area contributed by atoms with Crippen molar-refractivity contribution in [2.45, 2.75) is 50.4 Å². The second-order valence-electron chi connectivity index (χ2n) is 12.2. The lowest BCUT2D eigenvalue weighted by atomic mass is 10.1. The number of nitro benzene ring substituents is 1. The first-order chi connectivity index (χ1) is 22.0.